The molecular formula is C11H11BrN4. The number of halogens is 1. The first-order valence-electron chi connectivity index (χ1n) is 4.89. The minimum atomic E-state index is 0.556. The summed E-state index contributed by atoms with van der Waals surface area (Å²) in [5.41, 5.74) is 2.02. The standard InChI is InChI=1S/C11H11BrN4/c1-8-6-14-16-11(15-8)13-7-9-3-2-4-10(12)5-9/h2-6H,7H2,1H3,(H,13,15,16). The summed E-state index contributed by atoms with van der Waals surface area (Å²) in [5.74, 6) is 0.556. The van der Waals surface area contributed by atoms with Crippen LogP contribution in [0.25, 0.3) is 0 Å². The predicted molar refractivity (Wildman–Crippen MR) is 66.0 cm³/mol. The van der Waals surface area contributed by atoms with E-state index in [1.165, 1.54) is 5.56 Å². The average molecular weight is 279 g/mol. The van der Waals surface area contributed by atoms with E-state index in [0.29, 0.717) is 12.5 Å². The number of hydrogen-bond acceptors (Lipinski definition) is 4. The summed E-state index contributed by atoms with van der Waals surface area (Å²) < 4.78 is 1.06. The van der Waals surface area contributed by atoms with Crippen molar-refractivity contribution in [3.8, 4) is 0 Å². The number of nitrogens with zero attached hydrogens (tertiary/aromatic N) is 3. The Morgan fingerprint density at radius 3 is 3.00 bits per heavy atom. The van der Waals surface area contributed by atoms with Gasteiger partial charge in [-0.1, -0.05) is 28.1 Å². The highest BCUT2D eigenvalue weighted by Crippen LogP contribution is 2.12. The Labute approximate surface area is 102 Å². The highest BCUT2D eigenvalue weighted by Gasteiger charge is 1.98. The lowest BCUT2D eigenvalue weighted by Crippen LogP contribution is -2.05. The second kappa shape index (κ2) is 5.03. The molecule has 0 unspecified atom stereocenters. The van der Waals surface area contributed by atoms with Crippen molar-refractivity contribution in [1.29, 1.82) is 0 Å². The van der Waals surface area contributed by atoms with Gasteiger partial charge in [-0.05, 0) is 24.6 Å². The maximum absolute atomic E-state index is 4.21. The number of rotatable bonds is 3. The summed E-state index contributed by atoms with van der Waals surface area (Å²) >= 11 is 3.43. The molecule has 5 heteroatoms. The first-order valence-corrected chi connectivity index (χ1v) is 5.68. The van der Waals surface area contributed by atoms with Gasteiger partial charge in [-0.2, -0.15) is 5.10 Å². The van der Waals surface area contributed by atoms with E-state index >= 15 is 0 Å². The van der Waals surface area contributed by atoms with Crippen LogP contribution >= 0.6 is 15.9 Å². The third kappa shape index (κ3) is 3.00. The largest absolute Gasteiger partial charge is 0.349 e. The van der Waals surface area contributed by atoms with Crippen LogP contribution in [-0.4, -0.2) is 15.2 Å². The van der Waals surface area contributed by atoms with Crippen LogP contribution < -0.4 is 5.32 Å². The van der Waals surface area contributed by atoms with Gasteiger partial charge in [0.05, 0.1) is 11.9 Å². The van der Waals surface area contributed by atoms with Crippen molar-refractivity contribution in [1.82, 2.24) is 15.2 Å². The fourth-order valence-electron chi connectivity index (χ4n) is 1.29. The number of aromatic nitrogens is 3. The van der Waals surface area contributed by atoms with Crippen LogP contribution in [0.4, 0.5) is 5.95 Å². The summed E-state index contributed by atoms with van der Waals surface area (Å²) in [7, 11) is 0. The van der Waals surface area contributed by atoms with Gasteiger partial charge in [-0.3, -0.25) is 0 Å². The first kappa shape index (κ1) is 11.0. The van der Waals surface area contributed by atoms with Crippen LogP contribution in [0.15, 0.2) is 34.9 Å². The van der Waals surface area contributed by atoms with Crippen molar-refractivity contribution in [3.05, 3.63) is 46.2 Å². The Morgan fingerprint density at radius 1 is 1.38 bits per heavy atom. The first-order chi connectivity index (χ1) is 7.74. The third-order valence-electron chi connectivity index (χ3n) is 2.02. The molecule has 4 nitrogen and oxygen atoms in total. The van der Waals surface area contributed by atoms with E-state index in [0.717, 1.165) is 10.2 Å². The number of aryl methyl sites for hydroxylation is 1. The Bertz CT molecular complexity index is 441. The van der Waals surface area contributed by atoms with Gasteiger partial charge in [0, 0.05) is 11.0 Å². The molecule has 1 heterocycles. The van der Waals surface area contributed by atoms with Gasteiger partial charge >= 0.3 is 0 Å². The topological polar surface area (TPSA) is 50.7 Å². The normalized spacial score (nSPS) is 10.1. The van der Waals surface area contributed by atoms with E-state index < -0.39 is 0 Å². The fourth-order valence-corrected chi connectivity index (χ4v) is 1.73. The second-order valence-corrected chi connectivity index (χ2v) is 4.32. The lowest BCUT2D eigenvalue weighted by atomic mass is 10.2. The molecule has 0 atom stereocenters. The maximum Gasteiger partial charge on any atom is 0.243 e. The number of nitrogens with one attached hydrogen (secondary N) is 1. The van der Waals surface area contributed by atoms with Crippen molar-refractivity contribution in [2.45, 2.75) is 13.5 Å². The molecule has 0 aliphatic carbocycles. The molecule has 2 aromatic rings. The van der Waals surface area contributed by atoms with Crippen molar-refractivity contribution >= 4 is 21.9 Å². The lowest BCUT2D eigenvalue weighted by Gasteiger charge is -2.04. The zero-order valence-electron chi connectivity index (χ0n) is 8.81. The number of anilines is 1. The minimum Gasteiger partial charge on any atom is -0.349 e. The molecule has 0 saturated carbocycles. The molecule has 0 radical (unpaired) electrons. The zero-order valence-corrected chi connectivity index (χ0v) is 10.4. The van der Waals surface area contributed by atoms with Crippen LogP contribution in [0.1, 0.15) is 11.3 Å². The van der Waals surface area contributed by atoms with E-state index in [2.05, 4.69) is 42.5 Å². The van der Waals surface area contributed by atoms with Gasteiger partial charge in [-0.15, -0.1) is 5.10 Å². The Kier molecular flexibility index (Phi) is 3.46. The van der Waals surface area contributed by atoms with Gasteiger partial charge in [0.25, 0.3) is 0 Å². The third-order valence-corrected chi connectivity index (χ3v) is 2.51. The molecule has 82 valence electrons. The molecule has 0 saturated heterocycles. The Morgan fingerprint density at radius 2 is 2.25 bits per heavy atom. The summed E-state index contributed by atoms with van der Waals surface area (Å²) in [5, 5.41) is 10.8. The van der Waals surface area contributed by atoms with Crippen molar-refractivity contribution in [2.24, 2.45) is 0 Å². The van der Waals surface area contributed by atoms with E-state index in [-0.39, 0.29) is 0 Å². The van der Waals surface area contributed by atoms with Crippen molar-refractivity contribution in [3.63, 3.8) is 0 Å². The van der Waals surface area contributed by atoms with Crippen molar-refractivity contribution < 1.29 is 0 Å². The van der Waals surface area contributed by atoms with Crippen LogP contribution in [0, 0.1) is 6.92 Å². The van der Waals surface area contributed by atoms with E-state index in [4.69, 9.17) is 0 Å². The Hall–Kier alpha value is -1.49. The molecular weight excluding hydrogens is 268 g/mol. The number of hydrogen-bond donors (Lipinski definition) is 1. The molecule has 0 bridgehead atoms. The summed E-state index contributed by atoms with van der Waals surface area (Å²) in [6.07, 6.45) is 1.63. The van der Waals surface area contributed by atoms with Gasteiger partial charge in [0.15, 0.2) is 0 Å². The summed E-state index contributed by atoms with van der Waals surface area (Å²) in [6, 6.07) is 8.09. The molecule has 1 aromatic heterocycles. The summed E-state index contributed by atoms with van der Waals surface area (Å²) in [6.45, 7) is 2.57. The molecule has 0 aliphatic heterocycles. The molecule has 0 aliphatic rings. The summed E-state index contributed by atoms with van der Waals surface area (Å²) in [4.78, 5) is 4.21. The molecule has 16 heavy (non-hydrogen) atoms. The van der Waals surface area contributed by atoms with E-state index in [9.17, 15) is 0 Å². The quantitative estimate of drug-likeness (QED) is 0.938. The lowest BCUT2D eigenvalue weighted by molar-refractivity contribution is 0.921. The van der Waals surface area contributed by atoms with Crippen LogP contribution in [-0.2, 0) is 6.54 Å². The minimum absolute atomic E-state index is 0.556. The molecule has 0 fully saturated rings. The smallest absolute Gasteiger partial charge is 0.243 e. The fraction of sp³-hybridized carbons (Fsp3) is 0.182. The van der Waals surface area contributed by atoms with Gasteiger partial charge in [-0.25, -0.2) is 4.98 Å². The molecule has 0 spiro atoms. The van der Waals surface area contributed by atoms with E-state index in [1.54, 1.807) is 6.20 Å². The van der Waals surface area contributed by atoms with Crippen LogP contribution in [0.2, 0.25) is 0 Å². The van der Waals surface area contributed by atoms with Crippen LogP contribution in [0.5, 0.6) is 0 Å². The zero-order chi connectivity index (χ0) is 11.4. The number of benzene rings is 1. The van der Waals surface area contributed by atoms with E-state index in [1.807, 2.05) is 25.1 Å². The molecule has 1 N–H and O–H groups in total. The molecule has 2 rings (SSSR count). The van der Waals surface area contributed by atoms with Gasteiger partial charge in [0.2, 0.25) is 5.95 Å². The molecule has 1 aromatic carbocycles. The monoisotopic (exact) mass is 278 g/mol. The SMILES string of the molecule is Cc1cnnc(NCc2cccc(Br)c2)n1. The average Bonchev–Trinajstić information content (AvgIpc) is 2.27. The predicted octanol–water partition coefficient (Wildman–Crippen LogP) is 2.55. The maximum atomic E-state index is 4.21. The van der Waals surface area contributed by atoms with Gasteiger partial charge < -0.3 is 5.32 Å². The Balaban J connectivity index is 2.02. The van der Waals surface area contributed by atoms with Gasteiger partial charge in [0.1, 0.15) is 0 Å². The van der Waals surface area contributed by atoms with Crippen molar-refractivity contribution in [2.75, 3.05) is 5.32 Å². The highest BCUT2D eigenvalue weighted by molar-refractivity contribution is 9.10. The second-order valence-electron chi connectivity index (χ2n) is 3.40. The van der Waals surface area contributed by atoms with Crippen LogP contribution in [0.3, 0.4) is 0 Å². The highest BCUT2D eigenvalue weighted by atomic mass is 79.9. The molecule has 0 amide bonds.